The second-order valence-electron chi connectivity index (χ2n) is 5.94. The molecule has 142 valence electrons. The van der Waals surface area contributed by atoms with E-state index in [1.807, 2.05) is 0 Å². The number of hydrogen-bond acceptors (Lipinski definition) is 6. The van der Waals surface area contributed by atoms with Crippen LogP contribution in [0.3, 0.4) is 0 Å². The summed E-state index contributed by atoms with van der Waals surface area (Å²) in [5.41, 5.74) is 8.72. The van der Waals surface area contributed by atoms with Crippen LogP contribution in [0.15, 0.2) is 47.0 Å². The van der Waals surface area contributed by atoms with Gasteiger partial charge in [-0.05, 0) is 66.8 Å². The molecule has 1 heterocycles. The highest BCUT2D eigenvalue weighted by Crippen LogP contribution is 2.44. The maximum absolute atomic E-state index is 13.2. The lowest BCUT2D eigenvalue weighted by Gasteiger charge is -2.10. The number of aryl methyl sites for hydroxylation is 1. The van der Waals surface area contributed by atoms with Gasteiger partial charge in [0.2, 0.25) is 0 Å². The second kappa shape index (κ2) is 7.09. The molecule has 0 unspecified atom stereocenters. The first-order valence-electron chi connectivity index (χ1n) is 7.85. The Morgan fingerprint density at radius 1 is 1.15 bits per heavy atom. The minimum Gasteiger partial charge on any atom is -0.401 e. The van der Waals surface area contributed by atoms with Crippen LogP contribution in [-0.2, 0) is 4.79 Å². The molecule has 0 saturated carbocycles. The number of carbonyl (C=O) groups excluding carboxylic acids is 1. The molecule has 2 aromatic rings. The van der Waals surface area contributed by atoms with E-state index in [2.05, 4.69) is 14.8 Å². The van der Waals surface area contributed by atoms with Gasteiger partial charge in [-0.25, -0.2) is 0 Å². The molecule has 6 nitrogen and oxygen atoms in total. The average molecular weight is 393 g/mol. The SMILES string of the molecule is C/C(N)=C(/SN)C(=O)Nc1ccc(-c2cc3c(cc2C)OC(F)(F)O3)cc1. The summed E-state index contributed by atoms with van der Waals surface area (Å²) in [4.78, 5) is 12.4. The third-order valence-electron chi connectivity index (χ3n) is 3.88. The van der Waals surface area contributed by atoms with Gasteiger partial charge in [0, 0.05) is 11.4 Å². The van der Waals surface area contributed by atoms with E-state index in [-0.39, 0.29) is 16.4 Å². The van der Waals surface area contributed by atoms with Crippen molar-refractivity contribution in [2.45, 2.75) is 20.1 Å². The average Bonchev–Trinajstić information content (AvgIpc) is 2.88. The predicted octanol–water partition coefficient (Wildman–Crippen LogP) is 3.72. The maximum Gasteiger partial charge on any atom is 0.586 e. The van der Waals surface area contributed by atoms with E-state index in [1.54, 1.807) is 38.1 Å². The normalized spacial score (nSPS) is 15.3. The number of anilines is 1. The van der Waals surface area contributed by atoms with E-state index in [4.69, 9.17) is 10.9 Å². The quantitative estimate of drug-likeness (QED) is 0.541. The molecule has 0 bridgehead atoms. The van der Waals surface area contributed by atoms with E-state index < -0.39 is 12.2 Å². The number of amides is 1. The summed E-state index contributed by atoms with van der Waals surface area (Å²) < 4.78 is 35.4. The molecule has 1 aliphatic heterocycles. The monoisotopic (exact) mass is 393 g/mol. The molecule has 2 aromatic carbocycles. The molecule has 27 heavy (non-hydrogen) atoms. The molecule has 5 N–H and O–H groups in total. The molecule has 0 radical (unpaired) electrons. The summed E-state index contributed by atoms with van der Waals surface area (Å²) in [5.74, 6) is -0.427. The first-order chi connectivity index (χ1) is 12.7. The van der Waals surface area contributed by atoms with Crippen molar-refractivity contribution in [2.24, 2.45) is 10.9 Å². The van der Waals surface area contributed by atoms with E-state index in [9.17, 15) is 13.6 Å². The fourth-order valence-corrected chi connectivity index (χ4v) is 3.00. The van der Waals surface area contributed by atoms with Crippen molar-refractivity contribution < 1.29 is 23.0 Å². The zero-order valence-electron chi connectivity index (χ0n) is 14.5. The number of allylic oxidation sites excluding steroid dienone is 1. The topological polar surface area (TPSA) is 99.6 Å². The first-order valence-corrected chi connectivity index (χ1v) is 8.73. The summed E-state index contributed by atoms with van der Waals surface area (Å²) in [6.45, 7) is 3.37. The molecule has 0 aromatic heterocycles. The number of halogens is 2. The van der Waals surface area contributed by atoms with Gasteiger partial charge in [0.15, 0.2) is 11.5 Å². The summed E-state index contributed by atoms with van der Waals surface area (Å²) in [6.07, 6.45) is -3.66. The summed E-state index contributed by atoms with van der Waals surface area (Å²) >= 11 is 0.774. The lowest BCUT2D eigenvalue weighted by Crippen LogP contribution is -2.25. The van der Waals surface area contributed by atoms with Crippen molar-refractivity contribution in [1.82, 2.24) is 0 Å². The Morgan fingerprint density at radius 2 is 1.74 bits per heavy atom. The van der Waals surface area contributed by atoms with Crippen LogP contribution in [0.1, 0.15) is 12.5 Å². The first kappa shape index (κ1) is 19.0. The van der Waals surface area contributed by atoms with Crippen LogP contribution in [0.5, 0.6) is 11.5 Å². The Bertz CT molecular complexity index is 926. The van der Waals surface area contributed by atoms with Gasteiger partial charge >= 0.3 is 6.29 Å². The van der Waals surface area contributed by atoms with Crippen LogP contribution in [0, 0.1) is 6.92 Å². The Labute approximate surface area is 158 Å². The number of hydrogen-bond donors (Lipinski definition) is 3. The molecule has 1 amide bonds. The van der Waals surface area contributed by atoms with Crippen molar-refractivity contribution in [1.29, 1.82) is 0 Å². The predicted molar refractivity (Wildman–Crippen MR) is 100 cm³/mol. The van der Waals surface area contributed by atoms with Crippen molar-refractivity contribution in [3.05, 3.63) is 52.6 Å². The van der Waals surface area contributed by atoms with Crippen LogP contribution in [-0.4, -0.2) is 12.2 Å². The summed E-state index contributed by atoms with van der Waals surface area (Å²) in [7, 11) is 0. The molecule has 0 aliphatic carbocycles. The molecule has 0 fully saturated rings. The Balaban J connectivity index is 1.83. The summed E-state index contributed by atoms with van der Waals surface area (Å²) in [5, 5.41) is 8.15. The number of rotatable bonds is 4. The zero-order valence-corrected chi connectivity index (χ0v) is 15.3. The lowest BCUT2D eigenvalue weighted by molar-refractivity contribution is -0.286. The van der Waals surface area contributed by atoms with Gasteiger partial charge in [0.05, 0.1) is 0 Å². The number of carbonyl (C=O) groups is 1. The van der Waals surface area contributed by atoms with Gasteiger partial charge in [0.1, 0.15) is 4.91 Å². The summed E-state index contributed by atoms with van der Waals surface area (Å²) in [6, 6.07) is 9.90. The van der Waals surface area contributed by atoms with Crippen molar-refractivity contribution in [3.63, 3.8) is 0 Å². The van der Waals surface area contributed by atoms with Crippen LogP contribution < -0.4 is 25.7 Å². The number of alkyl halides is 2. The number of nitrogens with two attached hydrogens (primary N) is 2. The second-order valence-corrected chi connectivity index (χ2v) is 6.59. The molecule has 3 rings (SSSR count). The molecule has 1 aliphatic rings. The van der Waals surface area contributed by atoms with E-state index in [0.29, 0.717) is 16.9 Å². The van der Waals surface area contributed by atoms with Crippen LogP contribution >= 0.6 is 11.9 Å². The third kappa shape index (κ3) is 3.99. The fraction of sp³-hybridized carbons (Fsp3) is 0.167. The minimum absolute atomic E-state index is 0.000823. The van der Waals surface area contributed by atoms with Crippen molar-refractivity contribution in [3.8, 4) is 22.6 Å². The Hall–Kier alpha value is -2.78. The van der Waals surface area contributed by atoms with Crippen molar-refractivity contribution >= 4 is 23.5 Å². The van der Waals surface area contributed by atoms with Gasteiger partial charge in [-0.3, -0.25) is 9.93 Å². The molecule has 0 atom stereocenters. The lowest BCUT2D eigenvalue weighted by atomic mass is 9.99. The van der Waals surface area contributed by atoms with Gasteiger partial charge in [0.25, 0.3) is 5.91 Å². The standard InChI is InChI=1S/C18H17F2N3O3S/c1-9-7-14-15(26-18(19,20)25-14)8-13(9)11-3-5-12(6-4-11)23-17(24)16(27-22)10(2)21/h3-8H,21-22H2,1-2H3,(H,23,24)/b16-10-. The molecule has 0 saturated heterocycles. The largest absolute Gasteiger partial charge is 0.586 e. The minimum atomic E-state index is -3.66. The van der Waals surface area contributed by atoms with E-state index >= 15 is 0 Å². The third-order valence-corrected chi connectivity index (χ3v) is 4.63. The number of benzene rings is 2. The fourth-order valence-electron chi connectivity index (χ4n) is 2.66. The van der Waals surface area contributed by atoms with E-state index in [1.165, 1.54) is 12.1 Å². The Kier molecular flexibility index (Phi) is 4.99. The smallest absolute Gasteiger partial charge is 0.401 e. The van der Waals surface area contributed by atoms with Crippen molar-refractivity contribution in [2.75, 3.05) is 5.32 Å². The highest BCUT2D eigenvalue weighted by molar-refractivity contribution is 8.01. The zero-order chi connectivity index (χ0) is 19.8. The molecular formula is C18H17F2N3O3S. The Morgan fingerprint density at radius 3 is 2.30 bits per heavy atom. The van der Waals surface area contributed by atoms with Crippen LogP contribution in [0.2, 0.25) is 0 Å². The highest BCUT2D eigenvalue weighted by atomic mass is 32.2. The van der Waals surface area contributed by atoms with Gasteiger partial charge in [-0.15, -0.1) is 8.78 Å². The van der Waals surface area contributed by atoms with Gasteiger partial charge in [-0.2, -0.15) is 0 Å². The maximum atomic E-state index is 13.2. The van der Waals surface area contributed by atoms with Crippen LogP contribution in [0.4, 0.5) is 14.5 Å². The highest BCUT2D eigenvalue weighted by Gasteiger charge is 2.43. The molecule has 9 heteroatoms. The number of fused-ring (bicyclic) bond motifs is 1. The number of nitrogens with one attached hydrogen (secondary N) is 1. The van der Waals surface area contributed by atoms with Gasteiger partial charge < -0.3 is 20.5 Å². The number of ether oxygens (including phenoxy) is 2. The van der Waals surface area contributed by atoms with Crippen LogP contribution in [0.25, 0.3) is 11.1 Å². The molecule has 0 spiro atoms. The molecular weight excluding hydrogens is 376 g/mol. The van der Waals surface area contributed by atoms with E-state index in [0.717, 1.165) is 23.1 Å². The van der Waals surface area contributed by atoms with Gasteiger partial charge in [-0.1, -0.05) is 12.1 Å².